The molecule has 0 heterocycles. The SMILES string of the molecule is C[C@H](OC(=O)/C=C/c1ccccc1F)C(=O)Nc1ccc(C#N)cc1. The van der Waals surface area contributed by atoms with Gasteiger partial charge in [0.2, 0.25) is 0 Å². The van der Waals surface area contributed by atoms with Crippen LogP contribution in [0.1, 0.15) is 18.1 Å². The van der Waals surface area contributed by atoms with Gasteiger partial charge >= 0.3 is 5.97 Å². The van der Waals surface area contributed by atoms with Crippen molar-refractivity contribution in [3.63, 3.8) is 0 Å². The van der Waals surface area contributed by atoms with Crippen LogP contribution in [0.15, 0.2) is 54.6 Å². The first-order valence-electron chi connectivity index (χ1n) is 7.44. The quantitative estimate of drug-likeness (QED) is 0.670. The number of carbonyl (C=O) groups excluding carboxylic acids is 2. The van der Waals surface area contributed by atoms with Crippen LogP contribution in [0.25, 0.3) is 6.08 Å². The van der Waals surface area contributed by atoms with Crippen molar-refractivity contribution in [1.82, 2.24) is 0 Å². The number of benzene rings is 2. The molecule has 6 heteroatoms. The van der Waals surface area contributed by atoms with E-state index in [4.69, 9.17) is 10.00 Å². The van der Waals surface area contributed by atoms with Crippen LogP contribution in [-0.4, -0.2) is 18.0 Å². The van der Waals surface area contributed by atoms with Crippen LogP contribution in [0, 0.1) is 17.1 Å². The Balaban J connectivity index is 1.90. The summed E-state index contributed by atoms with van der Waals surface area (Å²) < 4.78 is 18.4. The lowest BCUT2D eigenvalue weighted by Crippen LogP contribution is -2.29. The smallest absolute Gasteiger partial charge is 0.331 e. The monoisotopic (exact) mass is 338 g/mol. The first-order chi connectivity index (χ1) is 12.0. The molecule has 0 saturated heterocycles. The first kappa shape index (κ1) is 17.9. The number of halogens is 1. The summed E-state index contributed by atoms with van der Waals surface area (Å²) in [6.07, 6.45) is 1.31. The predicted molar refractivity (Wildman–Crippen MR) is 90.8 cm³/mol. The lowest BCUT2D eigenvalue weighted by Gasteiger charge is -2.12. The Bertz CT molecular complexity index is 838. The summed E-state index contributed by atoms with van der Waals surface area (Å²) in [6, 6.07) is 14.2. The highest BCUT2D eigenvalue weighted by Gasteiger charge is 2.16. The van der Waals surface area contributed by atoms with Crippen LogP contribution >= 0.6 is 0 Å². The maximum Gasteiger partial charge on any atom is 0.331 e. The van der Waals surface area contributed by atoms with Gasteiger partial charge in [-0.25, -0.2) is 9.18 Å². The molecule has 126 valence electrons. The Morgan fingerprint density at radius 2 is 1.88 bits per heavy atom. The molecule has 2 aromatic carbocycles. The van der Waals surface area contributed by atoms with Gasteiger partial charge in [-0.3, -0.25) is 4.79 Å². The average Bonchev–Trinajstić information content (AvgIpc) is 2.61. The minimum Gasteiger partial charge on any atom is -0.449 e. The third kappa shape index (κ3) is 5.29. The fourth-order valence-electron chi connectivity index (χ4n) is 1.91. The highest BCUT2D eigenvalue weighted by molar-refractivity contribution is 5.96. The van der Waals surface area contributed by atoms with Gasteiger partial charge in [0.25, 0.3) is 5.91 Å². The molecule has 0 aromatic heterocycles. The molecule has 1 N–H and O–H groups in total. The zero-order valence-corrected chi connectivity index (χ0v) is 13.4. The number of esters is 1. The Morgan fingerprint density at radius 1 is 1.20 bits per heavy atom. The van der Waals surface area contributed by atoms with Gasteiger partial charge in [0.05, 0.1) is 11.6 Å². The highest BCUT2D eigenvalue weighted by atomic mass is 19.1. The topological polar surface area (TPSA) is 79.2 Å². The molecule has 0 aliphatic rings. The van der Waals surface area contributed by atoms with E-state index in [1.807, 2.05) is 6.07 Å². The van der Waals surface area contributed by atoms with Crippen LogP contribution in [0.5, 0.6) is 0 Å². The standard InChI is InChI=1S/C19H15FN2O3/c1-13(19(24)22-16-9-6-14(12-21)7-10-16)25-18(23)11-8-15-4-2-3-5-17(15)20/h2-11,13H,1H3,(H,22,24)/b11-8+/t13-/m0/s1. The van der Waals surface area contributed by atoms with Crippen molar-refractivity contribution in [2.45, 2.75) is 13.0 Å². The summed E-state index contributed by atoms with van der Waals surface area (Å²) in [7, 11) is 0. The molecule has 0 fully saturated rings. The van der Waals surface area contributed by atoms with Gasteiger partial charge in [0, 0.05) is 17.3 Å². The molecule has 0 aliphatic heterocycles. The van der Waals surface area contributed by atoms with E-state index in [2.05, 4.69) is 5.32 Å². The van der Waals surface area contributed by atoms with Crippen molar-refractivity contribution in [2.24, 2.45) is 0 Å². The number of amides is 1. The molecule has 1 atom stereocenters. The van der Waals surface area contributed by atoms with Gasteiger partial charge in [-0.2, -0.15) is 5.26 Å². The van der Waals surface area contributed by atoms with Gasteiger partial charge in [-0.05, 0) is 43.3 Å². The highest BCUT2D eigenvalue weighted by Crippen LogP contribution is 2.11. The third-order valence-electron chi connectivity index (χ3n) is 3.25. The van der Waals surface area contributed by atoms with Crippen LogP contribution in [0.3, 0.4) is 0 Å². The summed E-state index contributed by atoms with van der Waals surface area (Å²) in [4.78, 5) is 23.7. The molecule has 0 radical (unpaired) electrons. The third-order valence-corrected chi connectivity index (χ3v) is 3.25. The van der Waals surface area contributed by atoms with Crippen molar-refractivity contribution in [2.75, 3.05) is 5.32 Å². The van der Waals surface area contributed by atoms with E-state index in [1.54, 1.807) is 36.4 Å². The number of nitrogens with one attached hydrogen (secondary N) is 1. The molecule has 0 bridgehead atoms. The normalized spacial score (nSPS) is 11.6. The molecule has 1 amide bonds. The van der Waals surface area contributed by atoms with Crippen molar-refractivity contribution in [3.05, 3.63) is 71.6 Å². The molecule has 0 unspecified atom stereocenters. The number of hydrogen-bond donors (Lipinski definition) is 1. The fraction of sp³-hybridized carbons (Fsp3) is 0.105. The number of nitrogens with zero attached hydrogens (tertiary/aromatic N) is 1. The Labute approximate surface area is 144 Å². The minimum atomic E-state index is -1.03. The van der Waals surface area contributed by atoms with Crippen molar-refractivity contribution in [3.8, 4) is 6.07 Å². The van der Waals surface area contributed by atoms with E-state index in [0.717, 1.165) is 6.08 Å². The molecule has 5 nitrogen and oxygen atoms in total. The fourth-order valence-corrected chi connectivity index (χ4v) is 1.91. The number of anilines is 1. The number of carbonyl (C=O) groups is 2. The van der Waals surface area contributed by atoms with E-state index >= 15 is 0 Å². The summed E-state index contributed by atoms with van der Waals surface area (Å²) in [5.41, 5.74) is 1.19. The second kappa shape index (κ2) is 8.41. The molecule has 0 saturated carbocycles. The first-order valence-corrected chi connectivity index (χ1v) is 7.44. The summed E-state index contributed by atoms with van der Waals surface area (Å²) in [6.45, 7) is 1.42. The van der Waals surface area contributed by atoms with E-state index in [-0.39, 0.29) is 5.56 Å². The molecular formula is C19H15FN2O3. The van der Waals surface area contributed by atoms with Gasteiger partial charge in [0.15, 0.2) is 6.10 Å². The van der Waals surface area contributed by atoms with Gasteiger partial charge in [-0.1, -0.05) is 18.2 Å². The summed E-state index contributed by atoms with van der Waals surface area (Å²) in [5, 5.41) is 11.3. The van der Waals surface area contributed by atoms with Crippen molar-refractivity contribution >= 4 is 23.6 Å². The van der Waals surface area contributed by atoms with Gasteiger partial charge in [0.1, 0.15) is 5.82 Å². The number of nitriles is 1. The average molecular weight is 338 g/mol. The second-order valence-electron chi connectivity index (χ2n) is 5.11. The predicted octanol–water partition coefficient (Wildman–Crippen LogP) is 3.28. The Morgan fingerprint density at radius 3 is 2.52 bits per heavy atom. The number of ether oxygens (including phenoxy) is 1. The van der Waals surface area contributed by atoms with Gasteiger partial charge in [-0.15, -0.1) is 0 Å². The molecule has 2 aromatic rings. The molecule has 25 heavy (non-hydrogen) atoms. The van der Waals surface area contributed by atoms with E-state index in [9.17, 15) is 14.0 Å². The zero-order valence-electron chi connectivity index (χ0n) is 13.4. The molecule has 0 aliphatic carbocycles. The zero-order chi connectivity index (χ0) is 18.2. The largest absolute Gasteiger partial charge is 0.449 e. The molecule has 0 spiro atoms. The van der Waals surface area contributed by atoms with E-state index < -0.39 is 23.8 Å². The minimum absolute atomic E-state index is 0.245. The molecular weight excluding hydrogens is 323 g/mol. The maximum atomic E-state index is 13.4. The van der Waals surface area contributed by atoms with E-state index in [0.29, 0.717) is 11.3 Å². The Hall–Kier alpha value is -3.46. The second-order valence-corrected chi connectivity index (χ2v) is 5.11. The van der Waals surface area contributed by atoms with Crippen LogP contribution in [0.2, 0.25) is 0 Å². The van der Waals surface area contributed by atoms with Crippen molar-refractivity contribution < 1.29 is 18.7 Å². The molecule has 2 rings (SSSR count). The van der Waals surface area contributed by atoms with Crippen molar-refractivity contribution in [1.29, 1.82) is 5.26 Å². The lowest BCUT2D eigenvalue weighted by atomic mass is 10.2. The summed E-state index contributed by atoms with van der Waals surface area (Å²) >= 11 is 0. The van der Waals surface area contributed by atoms with Gasteiger partial charge < -0.3 is 10.1 Å². The number of rotatable bonds is 5. The summed E-state index contributed by atoms with van der Waals surface area (Å²) in [5.74, 6) is -1.73. The van der Waals surface area contributed by atoms with Crippen LogP contribution in [0.4, 0.5) is 10.1 Å². The number of hydrogen-bond acceptors (Lipinski definition) is 4. The maximum absolute atomic E-state index is 13.4. The Kier molecular flexibility index (Phi) is 6.02. The van der Waals surface area contributed by atoms with E-state index in [1.165, 1.54) is 25.1 Å². The van der Waals surface area contributed by atoms with Crippen LogP contribution in [-0.2, 0) is 14.3 Å². The lowest BCUT2D eigenvalue weighted by molar-refractivity contribution is -0.148. The van der Waals surface area contributed by atoms with Crippen LogP contribution < -0.4 is 5.32 Å².